The van der Waals surface area contributed by atoms with E-state index in [2.05, 4.69) is 5.11 Å². The highest BCUT2D eigenvalue weighted by Crippen LogP contribution is 2.30. The molecule has 0 aliphatic heterocycles. The van der Waals surface area contributed by atoms with Gasteiger partial charge in [-0.05, 0) is 23.8 Å². The molecular formula is C15H17N3O2S. The highest BCUT2D eigenvalue weighted by Gasteiger charge is 2.20. The minimum Gasteiger partial charge on any atom is -0.378 e. The van der Waals surface area contributed by atoms with Crippen molar-refractivity contribution in [1.82, 2.24) is 0 Å². The SMILES string of the molecule is CN(C)c1ccc(N=N)c(S(=O)(=O)Cc2ccccc2)c1. The maximum atomic E-state index is 12.6. The van der Waals surface area contributed by atoms with Crippen molar-refractivity contribution < 1.29 is 8.42 Å². The molecule has 2 aromatic rings. The van der Waals surface area contributed by atoms with Crippen LogP contribution in [0.5, 0.6) is 0 Å². The second-order valence-electron chi connectivity index (χ2n) is 4.90. The Labute approximate surface area is 124 Å². The summed E-state index contributed by atoms with van der Waals surface area (Å²) >= 11 is 0. The smallest absolute Gasteiger partial charge is 0.184 e. The summed E-state index contributed by atoms with van der Waals surface area (Å²) in [6, 6.07) is 13.8. The van der Waals surface area contributed by atoms with Crippen LogP contribution in [-0.2, 0) is 15.6 Å². The minimum absolute atomic E-state index is 0.0903. The Hall–Kier alpha value is -2.21. The van der Waals surface area contributed by atoms with Gasteiger partial charge in [0.25, 0.3) is 0 Å². The molecule has 2 aromatic carbocycles. The molecule has 0 bridgehead atoms. The van der Waals surface area contributed by atoms with E-state index in [1.54, 1.807) is 42.5 Å². The molecule has 6 heteroatoms. The number of nitrogens with one attached hydrogen (secondary N) is 1. The standard InChI is InChI=1S/C15H17N3O2S/c1-18(2)13-8-9-14(17-16)15(10-13)21(19,20)11-12-6-4-3-5-7-12/h3-10,16H,11H2,1-2H3. The molecule has 0 heterocycles. The number of hydrogen-bond acceptors (Lipinski definition) is 5. The van der Waals surface area contributed by atoms with Crippen LogP contribution in [-0.4, -0.2) is 22.5 Å². The molecule has 21 heavy (non-hydrogen) atoms. The normalized spacial score (nSPS) is 11.1. The van der Waals surface area contributed by atoms with Gasteiger partial charge in [-0.25, -0.2) is 13.9 Å². The first-order chi connectivity index (χ1) is 9.94. The lowest BCUT2D eigenvalue weighted by molar-refractivity contribution is 0.595. The number of hydrogen-bond donors (Lipinski definition) is 1. The third kappa shape index (κ3) is 3.46. The van der Waals surface area contributed by atoms with E-state index in [0.717, 1.165) is 5.69 Å². The minimum atomic E-state index is -3.55. The van der Waals surface area contributed by atoms with Crippen LogP contribution in [0.25, 0.3) is 0 Å². The third-order valence-electron chi connectivity index (χ3n) is 3.11. The van der Waals surface area contributed by atoms with Crippen molar-refractivity contribution in [3.05, 3.63) is 54.1 Å². The predicted octanol–water partition coefficient (Wildman–Crippen LogP) is 3.39. The molecule has 0 aliphatic carbocycles. The van der Waals surface area contributed by atoms with E-state index in [1.807, 2.05) is 25.1 Å². The van der Waals surface area contributed by atoms with Crippen LogP contribution in [0.15, 0.2) is 58.5 Å². The molecule has 110 valence electrons. The van der Waals surface area contributed by atoms with Gasteiger partial charge in [0.15, 0.2) is 9.84 Å². The zero-order valence-electron chi connectivity index (χ0n) is 11.9. The van der Waals surface area contributed by atoms with Gasteiger partial charge in [-0.2, -0.15) is 5.11 Å². The number of sulfone groups is 1. The van der Waals surface area contributed by atoms with Gasteiger partial charge in [0, 0.05) is 19.8 Å². The summed E-state index contributed by atoms with van der Waals surface area (Å²) in [5.41, 5.74) is 8.80. The predicted molar refractivity (Wildman–Crippen MR) is 82.9 cm³/mol. The molecule has 0 saturated carbocycles. The molecule has 0 atom stereocenters. The highest BCUT2D eigenvalue weighted by molar-refractivity contribution is 7.90. The van der Waals surface area contributed by atoms with Gasteiger partial charge in [-0.1, -0.05) is 30.3 Å². The van der Waals surface area contributed by atoms with Gasteiger partial charge < -0.3 is 4.90 Å². The van der Waals surface area contributed by atoms with Crippen LogP contribution in [0.1, 0.15) is 5.56 Å². The van der Waals surface area contributed by atoms with Crippen LogP contribution in [0, 0.1) is 5.53 Å². The lowest BCUT2D eigenvalue weighted by atomic mass is 10.2. The average Bonchev–Trinajstić information content (AvgIpc) is 2.47. The Morgan fingerprint density at radius 3 is 2.33 bits per heavy atom. The topological polar surface area (TPSA) is 73.6 Å². The second-order valence-corrected chi connectivity index (χ2v) is 6.86. The first-order valence-corrected chi connectivity index (χ1v) is 8.05. The Morgan fingerprint density at radius 1 is 1.10 bits per heavy atom. The molecule has 0 fully saturated rings. The fourth-order valence-corrected chi connectivity index (χ4v) is 3.51. The van der Waals surface area contributed by atoms with E-state index in [1.165, 1.54) is 0 Å². The summed E-state index contributed by atoms with van der Waals surface area (Å²) < 4.78 is 25.2. The van der Waals surface area contributed by atoms with Crippen molar-refractivity contribution in [2.45, 2.75) is 10.6 Å². The maximum absolute atomic E-state index is 12.6. The fourth-order valence-electron chi connectivity index (χ4n) is 1.99. The van der Waals surface area contributed by atoms with Gasteiger partial charge in [0.2, 0.25) is 0 Å². The summed E-state index contributed by atoms with van der Waals surface area (Å²) in [7, 11) is 0.115. The Kier molecular flexibility index (Phi) is 4.37. The summed E-state index contributed by atoms with van der Waals surface area (Å²) in [5.74, 6) is -0.104. The van der Waals surface area contributed by atoms with Crippen LogP contribution in [0.4, 0.5) is 11.4 Å². The maximum Gasteiger partial charge on any atom is 0.184 e. The molecule has 5 nitrogen and oxygen atoms in total. The average molecular weight is 303 g/mol. The zero-order chi connectivity index (χ0) is 15.5. The molecule has 0 amide bonds. The number of benzene rings is 2. The monoisotopic (exact) mass is 303 g/mol. The molecule has 0 aliphatic rings. The molecule has 2 rings (SSSR count). The summed E-state index contributed by atoms with van der Waals surface area (Å²) in [6.45, 7) is 0. The first-order valence-electron chi connectivity index (χ1n) is 6.39. The molecule has 1 N–H and O–H groups in total. The van der Waals surface area contributed by atoms with Gasteiger partial charge in [0.1, 0.15) is 5.69 Å². The van der Waals surface area contributed by atoms with Crippen molar-refractivity contribution in [2.24, 2.45) is 5.11 Å². The molecular weight excluding hydrogens is 286 g/mol. The number of rotatable bonds is 5. The van der Waals surface area contributed by atoms with E-state index in [9.17, 15) is 8.42 Å². The van der Waals surface area contributed by atoms with Gasteiger partial charge in [-0.3, -0.25) is 0 Å². The zero-order valence-corrected chi connectivity index (χ0v) is 12.8. The molecule has 0 saturated heterocycles. The highest BCUT2D eigenvalue weighted by atomic mass is 32.2. The molecule has 0 unspecified atom stereocenters. The van der Waals surface area contributed by atoms with Gasteiger partial charge in [-0.15, -0.1) is 0 Å². The number of nitrogens with zero attached hydrogens (tertiary/aromatic N) is 2. The first kappa shape index (κ1) is 15.2. The van der Waals surface area contributed by atoms with Crippen molar-refractivity contribution in [2.75, 3.05) is 19.0 Å². The molecule has 0 spiro atoms. The summed E-state index contributed by atoms with van der Waals surface area (Å²) in [6.07, 6.45) is 0. The Bertz CT molecular complexity index is 741. The third-order valence-corrected chi connectivity index (χ3v) is 4.83. The Morgan fingerprint density at radius 2 is 1.76 bits per heavy atom. The molecule has 0 aromatic heterocycles. The second kappa shape index (κ2) is 6.05. The summed E-state index contributed by atoms with van der Waals surface area (Å²) in [4.78, 5) is 1.91. The van der Waals surface area contributed by atoms with E-state index in [4.69, 9.17) is 5.53 Å². The largest absolute Gasteiger partial charge is 0.378 e. The van der Waals surface area contributed by atoms with Crippen molar-refractivity contribution in [3.8, 4) is 0 Å². The number of anilines is 1. The quantitative estimate of drug-likeness (QED) is 0.860. The van der Waals surface area contributed by atoms with E-state index in [-0.39, 0.29) is 16.3 Å². The van der Waals surface area contributed by atoms with E-state index in [0.29, 0.717) is 5.56 Å². The van der Waals surface area contributed by atoms with E-state index < -0.39 is 9.84 Å². The van der Waals surface area contributed by atoms with Crippen molar-refractivity contribution in [3.63, 3.8) is 0 Å². The van der Waals surface area contributed by atoms with Gasteiger partial charge in [0.05, 0.1) is 10.6 Å². The molecule has 0 radical (unpaired) electrons. The lowest BCUT2D eigenvalue weighted by Gasteiger charge is -2.15. The van der Waals surface area contributed by atoms with Crippen molar-refractivity contribution >= 4 is 21.2 Å². The van der Waals surface area contributed by atoms with Crippen molar-refractivity contribution in [1.29, 1.82) is 5.53 Å². The lowest BCUT2D eigenvalue weighted by Crippen LogP contribution is -2.11. The van der Waals surface area contributed by atoms with Crippen LogP contribution in [0.2, 0.25) is 0 Å². The van der Waals surface area contributed by atoms with Crippen LogP contribution >= 0.6 is 0 Å². The van der Waals surface area contributed by atoms with Crippen LogP contribution in [0.3, 0.4) is 0 Å². The van der Waals surface area contributed by atoms with Crippen LogP contribution < -0.4 is 4.90 Å². The fraction of sp³-hybridized carbons (Fsp3) is 0.200. The van der Waals surface area contributed by atoms with Gasteiger partial charge >= 0.3 is 0 Å². The Balaban J connectivity index is 2.48. The van der Waals surface area contributed by atoms with E-state index >= 15 is 0 Å². The summed E-state index contributed by atoms with van der Waals surface area (Å²) in [5, 5.41) is 3.33.